The number of rotatable bonds is 8. The number of amidine groups is 1. The predicted molar refractivity (Wildman–Crippen MR) is 115 cm³/mol. The van der Waals surface area contributed by atoms with Gasteiger partial charge in [-0.3, -0.25) is 24.6 Å². The van der Waals surface area contributed by atoms with Crippen molar-refractivity contribution in [2.45, 2.75) is 31.3 Å². The quantitative estimate of drug-likeness (QED) is 0.148. The van der Waals surface area contributed by atoms with Crippen LogP contribution in [-0.4, -0.2) is 88.7 Å². The van der Waals surface area contributed by atoms with Gasteiger partial charge in [-0.15, -0.1) is 0 Å². The van der Waals surface area contributed by atoms with Gasteiger partial charge in [-0.2, -0.15) is 0 Å². The molecule has 1 aromatic rings. The molecule has 2 fully saturated rings. The van der Waals surface area contributed by atoms with E-state index < -0.39 is 29.4 Å². The average molecular weight is 444 g/mol. The molecular formula is C21H28N6O5. The van der Waals surface area contributed by atoms with E-state index in [1.807, 2.05) is 0 Å². The standard InChI is InChI=1S/C21H28N6O5/c1-21(7-9-24-15(21)20(31)32)27-12-11-26(18(29)19(27)30)10-2-8-25-17(28)14-5-3-13(4-6-14)16(22)23/h3-6,15,24H,2,7-12H2,1H3,(H3,22,23)(H,25,28)(H,31,32). The summed E-state index contributed by atoms with van der Waals surface area (Å²) in [6, 6.07) is 5.43. The molecule has 2 aliphatic heterocycles. The number of nitrogens with two attached hydrogens (primary N) is 1. The third-order valence-corrected chi connectivity index (χ3v) is 6.12. The van der Waals surface area contributed by atoms with Crippen molar-refractivity contribution in [3.63, 3.8) is 0 Å². The van der Waals surface area contributed by atoms with E-state index >= 15 is 0 Å². The number of carbonyl (C=O) groups is 4. The Bertz CT molecular complexity index is 933. The van der Waals surface area contributed by atoms with Crippen LogP contribution in [0.5, 0.6) is 0 Å². The molecule has 11 nitrogen and oxygen atoms in total. The molecule has 0 aromatic heterocycles. The minimum absolute atomic E-state index is 0.0760. The number of nitrogens with one attached hydrogen (secondary N) is 3. The van der Waals surface area contributed by atoms with Crippen molar-refractivity contribution >= 4 is 29.5 Å². The van der Waals surface area contributed by atoms with Gasteiger partial charge in [-0.1, -0.05) is 12.1 Å². The van der Waals surface area contributed by atoms with Crippen LogP contribution in [0.15, 0.2) is 24.3 Å². The molecule has 11 heteroatoms. The Morgan fingerprint density at radius 1 is 1.22 bits per heavy atom. The summed E-state index contributed by atoms with van der Waals surface area (Å²) < 4.78 is 0. The number of carboxylic acids is 1. The van der Waals surface area contributed by atoms with Gasteiger partial charge in [0.05, 0.1) is 5.54 Å². The maximum atomic E-state index is 12.7. The number of aliphatic carboxylic acids is 1. The van der Waals surface area contributed by atoms with Crippen molar-refractivity contribution in [1.29, 1.82) is 5.41 Å². The van der Waals surface area contributed by atoms with Gasteiger partial charge >= 0.3 is 17.8 Å². The number of hydrogen-bond donors (Lipinski definition) is 5. The number of carboxylic acid groups (broad SMARTS) is 1. The fraction of sp³-hybridized carbons (Fsp3) is 0.476. The van der Waals surface area contributed by atoms with Crippen molar-refractivity contribution in [3.8, 4) is 0 Å². The molecule has 172 valence electrons. The summed E-state index contributed by atoms with van der Waals surface area (Å²) >= 11 is 0. The lowest BCUT2D eigenvalue weighted by Gasteiger charge is -2.44. The highest BCUT2D eigenvalue weighted by Crippen LogP contribution is 2.30. The zero-order chi connectivity index (χ0) is 23.5. The van der Waals surface area contributed by atoms with Crippen LogP contribution in [0.1, 0.15) is 35.7 Å². The SMILES string of the molecule is CC1(N2CCN(CCCNC(=O)c3ccc(C(=N)N)cc3)C(=O)C2=O)CCNC1C(=O)O. The Morgan fingerprint density at radius 3 is 2.50 bits per heavy atom. The molecule has 0 radical (unpaired) electrons. The zero-order valence-electron chi connectivity index (χ0n) is 17.9. The number of hydrogen-bond acceptors (Lipinski definition) is 6. The Labute approximate surface area is 185 Å². The molecule has 6 N–H and O–H groups in total. The van der Waals surface area contributed by atoms with Crippen molar-refractivity contribution < 1.29 is 24.3 Å². The highest BCUT2D eigenvalue weighted by molar-refractivity contribution is 6.35. The van der Waals surface area contributed by atoms with Crippen LogP contribution in [0, 0.1) is 5.41 Å². The van der Waals surface area contributed by atoms with E-state index in [0.717, 1.165) is 0 Å². The minimum Gasteiger partial charge on any atom is -0.480 e. The first-order chi connectivity index (χ1) is 15.1. The molecule has 0 saturated carbocycles. The fourth-order valence-corrected chi connectivity index (χ4v) is 4.23. The number of carbonyl (C=O) groups excluding carboxylic acids is 3. The van der Waals surface area contributed by atoms with Gasteiger partial charge in [-0.05, 0) is 38.4 Å². The monoisotopic (exact) mass is 444 g/mol. The van der Waals surface area contributed by atoms with Crippen LogP contribution in [0.25, 0.3) is 0 Å². The molecule has 3 amide bonds. The largest absolute Gasteiger partial charge is 0.480 e. The van der Waals surface area contributed by atoms with Gasteiger partial charge in [0.2, 0.25) is 0 Å². The molecule has 2 heterocycles. The molecule has 2 saturated heterocycles. The Hall–Kier alpha value is -3.47. The van der Waals surface area contributed by atoms with Crippen LogP contribution in [0.4, 0.5) is 0 Å². The number of piperazine rings is 1. The fourth-order valence-electron chi connectivity index (χ4n) is 4.23. The normalized spacial score (nSPS) is 23.3. The van der Waals surface area contributed by atoms with Gasteiger partial charge in [0.15, 0.2) is 0 Å². The molecular weight excluding hydrogens is 416 g/mol. The first kappa shape index (κ1) is 23.2. The first-order valence-corrected chi connectivity index (χ1v) is 10.4. The summed E-state index contributed by atoms with van der Waals surface area (Å²) in [5, 5.41) is 22.5. The zero-order valence-corrected chi connectivity index (χ0v) is 17.9. The van der Waals surface area contributed by atoms with Gasteiger partial charge in [0.25, 0.3) is 5.91 Å². The van der Waals surface area contributed by atoms with Gasteiger partial charge in [0, 0.05) is 37.3 Å². The maximum Gasteiger partial charge on any atom is 0.323 e. The first-order valence-electron chi connectivity index (χ1n) is 10.4. The van der Waals surface area contributed by atoms with E-state index in [0.29, 0.717) is 50.1 Å². The molecule has 2 atom stereocenters. The summed E-state index contributed by atoms with van der Waals surface area (Å²) in [5.74, 6) is -2.75. The highest BCUT2D eigenvalue weighted by atomic mass is 16.4. The van der Waals surface area contributed by atoms with E-state index in [1.54, 1.807) is 31.2 Å². The van der Waals surface area contributed by atoms with Crippen LogP contribution in [0.3, 0.4) is 0 Å². The van der Waals surface area contributed by atoms with Crippen LogP contribution >= 0.6 is 0 Å². The van der Waals surface area contributed by atoms with E-state index in [1.165, 1.54) is 9.80 Å². The lowest BCUT2D eigenvalue weighted by atomic mass is 9.89. The number of benzene rings is 1. The third-order valence-electron chi connectivity index (χ3n) is 6.12. The lowest BCUT2D eigenvalue weighted by molar-refractivity contribution is -0.162. The van der Waals surface area contributed by atoms with Gasteiger partial charge < -0.3 is 31.3 Å². The highest BCUT2D eigenvalue weighted by Gasteiger charge is 2.52. The maximum absolute atomic E-state index is 12.7. The van der Waals surface area contributed by atoms with Gasteiger partial charge in [-0.25, -0.2) is 0 Å². The van der Waals surface area contributed by atoms with Crippen LogP contribution in [-0.2, 0) is 14.4 Å². The molecule has 3 rings (SSSR count). The Kier molecular flexibility index (Phi) is 6.78. The molecule has 0 spiro atoms. The van der Waals surface area contributed by atoms with E-state index in [-0.39, 0.29) is 18.3 Å². The number of amides is 3. The number of nitrogens with zero attached hydrogens (tertiary/aromatic N) is 2. The summed E-state index contributed by atoms with van der Waals surface area (Å²) in [6.45, 7) is 3.36. The van der Waals surface area contributed by atoms with Crippen molar-refractivity contribution in [3.05, 3.63) is 35.4 Å². The average Bonchev–Trinajstić information content (AvgIpc) is 3.16. The molecule has 32 heavy (non-hydrogen) atoms. The van der Waals surface area contributed by atoms with E-state index in [2.05, 4.69) is 10.6 Å². The van der Waals surface area contributed by atoms with Crippen molar-refractivity contribution in [1.82, 2.24) is 20.4 Å². The van der Waals surface area contributed by atoms with Crippen LogP contribution in [0.2, 0.25) is 0 Å². The molecule has 0 bridgehead atoms. The summed E-state index contributed by atoms with van der Waals surface area (Å²) in [5.41, 5.74) is 5.41. The van der Waals surface area contributed by atoms with Crippen LogP contribution < -0.4 is 16.4 Å². The second kappa shape index (κ2) is 9.35. The number of nitrogen functional groups attached to an aromatic ring is 1. The summed E-state index contributed by atoms with van der Waals surface area (Å²) in [4.78, 5) is 51.9. The molecule has 0 aliphatic carbocycles. The second-order valence-electron chi connectivity index (χ2n) is 8.18. The molecule has 2 unspecified atom stereocenters. The summed E-state index contributed by atoms with van der Waals surface area (Å²) in [6.07, 6.45) is 0.926. The predicted octanol–water partition coefficient (Wildman–Crippen LogP) is -1.03. The Morgan fingerprint density at radius 2 is 1.88 bits per heavy atom. The summed E-state index contributed by atoms with van der Waals surface area (Å²) in [7, 11) is 0. The topological polar surface area (TPSA) is 169 Å². The van der Waals surface area contributed by atoms with E-state index in [4.69, 9.17) is 11.1 Å². The van der Waals surface area contributed by atoms with Gasteiger partial charge in [0.1, 0.15) is 11.9 Å². The minimum atomic E-state index is -1.04. The van der Waals surface area contributed by atoms with Crippen molar-refractivity contribution in [2.24, 2.45) is 5.73 Å². The smallest absolute Gasteiger partial charge is 0.323 e. The lowest BCUT2D eigenvalue weighted by Crippen LogP contribution is -2.66. The van der Waals surface area contributed by atoms with Crippen molar-refractivity contribution in [2.75, 3.05) is 32.7 Å². The van der Waals surface area contributed by atoms with E-state index in [9.17, 15) is 24.3 Å². The third kappa shape index (κ3) is 4.57. The molecule has 1 aromatic carbocycles. The second-order valence-corrected chi connectivity index (χ2v) is 8.18. The Balaban J connectivity index is 1.48. The molecule has 2 aliphatic rings.